The first-order valence-corrected chi connectivity index (χ1v) is 7.66. The van der Waals surface area contributed by atoms with Gasteiger partial charge >= 0.3 is 5.69 Å². The first-order valence-electron chi connectivity index (χ1n) is 6.39. The van der Waals surface area contributed by atoms with Crippen molar-refractivity contribution in [1.29, 1.82) is 0 Å². The second kappa shape index (κ2) is 6.05. The Bertz CT molecular complexity index is 748. The van der Waals surface area contributed by atoms with Crippen LogP contribution < -0.4 is 16.3 Å². The third-order valence-corrected chi connectivity index (χ3v) is 3.34. The fourth-order valence-corrected chi connectivity index (χ4v) is 2.19. The smallest absolute Gasteiger partial charge is 0.328 e. The highest BCUT2D eigenvalue weighted by atomic mass is 31.1. The number of hydrogen-bond acceptors (Lipinski definition) is 5. The number of amides is 1. The summed E-state index contributed by atoms with van der Waals surface area (Å²) in [6.07, 6.45) is 4.13. The predicted octanol–water partition coefficient (Wildman–Crippen LogP) is 1.09. The number of nitrogens with one attached hydrogen (secondary N) is 3. The molecular weight excluding hydrogens is 291 g/mol. The van der Waals surface area contributed by atoms with Gasteiger partial charge in [0.1, 0.15) is 5.52 Å². The molecule has 2 aromatic heterocycles. The summed E-state index contributed by atoms with van der Waals surface area (Å²) in [7, 11) is 2.46. The maximum absolute atomic E-state index is 12.0. The molecule has 2 aromatic rings. The van der Waals surface area contributed by atoms with Crippen LogP contribution in [0.4, 0.5) is 11.8 Å². The van der Waals surface area contributed by atoms with Gasteiger partial charge < -0.3 is 15.6 Å². The first-order chi connectivity index (χ1) is 9.97. The van der Waals surface area contributed by atoms with Crippen molar-refractivity contribution in [3.8, 4) is 0 Å². The SMILES string of the molecule is C=PCn1c(=O)[nH]c2c(NC(=O)C(C)C)nc(NC)nc21. The van der Waals surface area contributed by atoms with Crippen LogP contribution in [0, 0.1) is 5.92 Å². The molecular formula is C12H17N6O2P. The molecule has 0 saturated heterocycles. The molecule has 112 valence electrons. The third kappa shape index (κ3) is 2.95. The summed E-state index contributed by atoms with van der Waals surface area (Å²) < 4.78 is 1.47. The van der Waals surface area contributed by atoms with E-state index in [1.54, 1.807) is 20.9 Å². The number of carbonyl (C=O) groups excluding carboxylic acids is 1. The molecule has 0 unspecified atom stereocenters. The third-order valence-electron chi connectivity index (χ3n) is 2.85. The van der Waals surface area contributed by atoms with E-state index in [9.17, 15) is 9.59 Å². The molecule has 0 radical (unpaired) electrons. The molecule has 0 saturated carbocycles. The largest absolute Gasteiger partial charge is 0.357 e. The van der Waals surface area contributed by atoms with E-state index in [1.165, 1.54) is 4.57 Å². The topological polar surface area (TPSA) is 105 Å². The van der Waals surface area contributed by atoms with Gasteiger partial charge in [-0.05, 0) is 0 Å². The molecule has 2 rings (SSSR count). The Morgan fingerprint density at radius 2 is 2.19 bits per heavy atom. The molecule has 3 N–H and O–H groups in total. The lowest BCUT2D eigenvalue weighted by Crippen LogP contribution is -2.19. The van der Waals surface area contributed by atoms with Gasteiger partial charge in [0.25, 0.3) is 0 Å². The second-order valence-electron chi connectivity index (χ2n) is 4.71. The van der Waals surface area contributed by atoms with E-state index in [4.69, 9.17) is 0 Å². The molecule has 0 aliphatic rings. The first kappa shape index (κ1) is 15.2. The molecule has 21 heavy (non-hydrogen) atoms. The monoisotopic (exact) mass is 308 g/mol. The van der Waals surface area contributed by atoms with Gasteiger partial charge in [-0.2, -0.15) is 9.97 Å². The van der Waals surface area contributed by atoms with Gasteiger partial charge in [-0.25, -0.2) is 4.79 Å². The Hall–Kier alpha value is -2.21. The number of hydrogen-bond donors (Lipinski definition) is 3. The van der Waals surface area contributed by atoms with Crippen molar-refractivity contribution in [3.63, 3.8) is 0 Å². The zero-order valence-electron chi connectivity index (χ0n) is 12.1. The van der Waals surface area contributed by atoms with Crippen molar-refractivity contribution >= 4 is 43.3 Å². The van der Waals surface area contributed by atoms with Crippen LogP contribution in [0.2, 0.25) is 0 Å². The molecule has 0 atom stereocenters. The van der Waals surface area contributed by atoms with Gasteiger partial charge in [-0.15, -0.1) is 0 Å². The summed E-state index contributed by atoms with van der Waals surface area (Å²) in [6, 6.07) is 0. The summed E-state index contributed by atoms with van der Waals surface area (Å²) in [5, 5.41) is 5.53. The summed E-state index contributed by atoms with van der Waals surface area (Å²) in [5.41, 5.74) is 0.551. The molecule has 0 aliphatic heterocycles. The van der Waals surface area contributed by atoms with E-state index >= 15 is 0 Å². The van der Waals surface area contributed by atoms with E-state index in [0.29, 0.717) is 29.2 Å². The van der Waals surface area contributed by atoms with Crippen LogP contribution in [0.1, 0.15) is 13.8 Å². The highest BCUT2D eigenvalue weighted by Crippen LogP contribution is 2.20. The lowest BCUT2D eigenvalue weighted by Gasteiger charge is -2.09. The van der Waals surface area contributed by atoms with Crippen molar-refractivity contribution in [2.75, 3.05) is 17.7 Å². The average Bonchev–Trinajstić information content (AvgIpc) is 2.76. The van der Waals surface area contributed by atoms with Gasteiger partial charge in [-0.3, -0.25) is 9.36 Å². The Balaban J connectivity index is 2.64. The van der Waals surface area contributed by atoms with E-state index in [-0.39, 0.29) is 17.5 Å². The van der Waals surface area contributed by atoms with Crippen LogP contribution in [-0.2, 0) is 11.1 Å². The molecule has 0 aliphatic carbocycles. The zero-order valence-corrected chi connectivity index (χ0v) is 13.0. The van der Waals surface area contributed by atoms with Crippen molar-refractivity contribution in [3.05, 3.63) is 10.5 Å². The van der Waals surface area contributed by atoms with Crippen LogP contribution in [0.5, 0.6) is 0 Å². The molecule has 1 amide bonds. The summed E-state index contributed by atoms with van der Waals surface area (Å²) in [5.74, 6) is 0.246. The Kier molecular flexibility index (Phi) is 4.37. The lowest BCUT2D eigenvalue weighted by molar-refractivity contribution is -0.118. The van der Waals surface area contributed by atoms with Crippen molar-refractivity contribution < 1.29 is 4.79 Å². The fourth-order valence-electron chi connectivity index (χ4n) is 1.72. The number of H-pyrrole nitrogens is 1. The molecule has 0 fully saturated rings. The molecule has 0 aromatic carbocycles. The quantitative estimate of drug-likeness (QED) is 0.717. The highest BCUT2D eigenvalue weighted by Gasteiger charge is 2.17. The molecule has 8 nitrogen and oxygen atoms in total. The van der Waals surface area contributed by atoms with Crippen LogP contribution in [0.15, 0.2) is 4.79 Å². The fraction of sp³-hybridized carbons (Fsp3) is 0.417. The number of aromatic amines is 1. The minimum atomic E-state index is -0.302. The standard InChI is InChI=1S/C12H17N6O2P/c1-6(2)10(19)15-8-7-9(17-11(13-3)16-8)18(5-21-4)12(20)14-7/h6H,4-5H2,1-3H3,(H,14,20)(H2,13,15,16,17,19). The van der Waals surface area contributed by atoms with Crippen LogP contribution in [0.3, 0.4) is 0 Å². The summed E-state index contributed by atoms with van der Waals surface area (Å²) in [4.78, 5) is 35.0. The van der Waals surface area contributed by atoms with Gasteiger partial charge in [0, 0.05) is 13.0 Å². The predicted molar refractivity (Wildman–Crippen MR) is 85.2 cm³/mol. The Morgan fingerprint density at radius 1 is 1.48 bits per heavy atom. The van der Waals surface area contributed by atoms with Crippen molar-refractivity contribution in [1.82, 2.24) is 19.5 Å². The van der Waals surface area contributed by atoms with Crippen LogP contribution in [-0.4, -0.2) is 38.8 Å². The van der Waals surface area contributed by atoms with E-state index in [0.717, 1.165) is 8.20 Å². The lowest BCUT2D eigenvalue weighted by atomic mass is 10.2. The van der Waals surface area contributed by atoms with Gasteiger partial charge in [-0.1, -0.05) is 28.4 Å². The Morgan fingerprint density at radius 3 is 2.76 bits per heavy atom. The van der Waals surface area contributed by atoms with E-state index in [2.05, 4.69) is 31.9 Å². The van der Waals surface area contributed by atoms with Crippen molar-refractivity contribution in [2.24, 2.45) is 5.92 Å². The average molecular weight is 308 g/mol. The maximum atomic E-state index is 12.0. The molecule has 9 heteroatoms. The van der Waals surface area contributed by atoms with Crippen LogP contribution in [0.25, 0.3) is 11.2 Å². The van der Waals surface area contributed by atoms with Crippen LogP contribution >= 0.6 is 8.20 Å². The number of nitrogens with zero attached hydrogens (tertiary/aromatic N) is 3. The number of anilines is 2. The summed E-state index contributed by atoms with van der Waals surface area (Å²) in [6.45, 7) is 3.56. The molecule has 0 bridgehead atoms. The molecule has 2 heterocycles. The van der Waals surface area contributed by atoms with E-state index in [1.807, 2.05) is 0 Å². The van der Waals surface area contributed by atoms with Gasteiger partial charge in [0.2, 0.25) is 11.9 Å². The second-order valence-corrected chi connectivity index (χ2v) is 5.44. The Labute approximate surface area is 122 Å². The zero-order chi connectivity index (χ0) is 15.6. The minimum Gasteiger partial charge on any atom is -0.357 e. The number of imidazole rings is 1. The normalized spacial score (nSPS) is 11.2. The van der Waals surface area contributed by atoms with E-state index < -0.39 is 0 Å². The highest BCUT2D eigenvalue weighted by molar-refractivity contribution is 7.35. The van der Waals surface area contributed by atoms with Gasteiger partial charge in [0.15, 0.2) is 11.5 Å². The molecule has 0 spiro atoms. The maximum Gasteiger partial charge on any atom is 0.328 e. The van der Waals surface area contributed by atoms with Crippen molar-refractivity contribution in [2.45, 2.75) is 20.1 Å². The number of rotatable bonds is 5. The number of aromatic nitrogens is 4. The number of carbonyl (C=O) groups is 1. The number of fused-ring (bicyclic) bond motifs is 1. The van der Waals surface area contributed by atoms with Gasteiger partial charge in [0.05, 0.1) is 6.29 Å². The minimum absolute atomic E-state index is 0.180. The summed E-state index contributed by atoms with van der Waals surface area (Å²) >= 11 is 0.